The summed E-state index contributed by atoms with van der Waals surface area (Å²) in [6.07, 6.45) is -1.56. The fourth-order valence-corrected chi connectivity index (χ4v) is 2.47. The van der Waals surface area contributed by atoms with Crippen LogP contribution in [0.25, 0.3) is 0 Å². The summed E-state index contributed by atoms with van der Waals surface area (Å²) in [6, 6.07) is 2.46. The number of halogens is 3. The lowest BCUT2D eigenvalue weighted by atomic mass is 9.98. The molecule has 0 saturated carbocycles. The van der Waals surface area contributed by atoms with Gasteiger partial charge in [0.05, 0.1) is 5.56 Å². The second-order valence-corrected chi connectivity index (χ2v) is 5.29. The van der Waals surface area contributed by atoms with Gasteiger partial charge in [-0.05, 0) is 30.9 Å². The molecule has 0 bridgehead atoms. The Morgan fingerprint density at radius 2 is 2.24 bits per heavy atom. The Labute approximate surface area is 121 Å². The molecule has 1 N–H and O–H groups in total. The number of anilines is 1. The van der Waals surface area contributed by atoms with E-state index in [1.165, 1.54) is 13.0 Å². The molecule has 1 aliphatic heterocycles. The van der Waals surface area contributed by atoms with Crippen LogP contribution in [0.1, 0.15) is 25.3 Å². The lowest BCUT2D eigenvalue weighted by Crippen LogP contribution is -2.40. The third-order valence-electron chi connectivity index (χ3n) is 3.56. The Bertz CT molecular complexity index is 487. The van der Waals surface area contributed by atoms with Gasteiger partial charge < -0.3 is 10.2 Å². The van der Waals surface area contributed by atoms with Crippen molar-refractivity contribution in [3.8, 4) is 0 Å². The molecule has 1 fully saturated rings. The molecule has 1 aromatic heterocycles. The van der Waals surface area contributed by atoms with Crippen molar-refractivity contribution in [3.05, 3.63) is 23.9 Å². The molecule has 1 unspecified atom stereocenters. The first kappa shape index (κ1) is 15.6. The molecule has 1 aromatic rings. The quantitative estimate of drug-likeness (QED) is 0.933. The van der Waals surface area contributed by atoms with Crippen LogP contribution < -0.4 is 10.2 Å². The van der Waals surface area contributed by atoms with Crippen LogP contribution in [-0.2, 0) is 11.0 Å². The lowest BCUT2D eigenvalue weighted by molar-refractivity contribution is -0.137. The smallest absolute Gasteiger partial charge is 0.356 e. The number of nitrogens with one attached hydrogen (secondary N) is 1. The van der Waals surface area contributed by atoms with Gasteiger partial charge in [0.15, 0.2) is 0 Å². The number of nitrogens with zero attached hydrogens (tertiary/aromatic N) is 2. The van der Waals surface area contributed by atoms with E-state index in [9.17, 15) is 18.0 Å². The van der Waals surface area contributed by atoms with Crippen molar-refractivity contribution in [1.29, 1.82) is 0 Å². The fourth-order valence-electron chi connectivity index (χ4n) is 2.47. The van der Waals surface area contributed by atoms with Gasteiger partial charge in [-0.25, -0.2) is 4.98 Å². The summed E-state index contributed by atoms with van der Waals surface area (Å²) in [5.41, 5.74) is -0.738. The van der Waals surface area contributed by atoms with Crippen molar-refractivity contribution in [2.75, 3.05) is 24.5 Å². The molecule has 1 saturated heterocycles. The lowest BCUT2D eigenvalue weighted by Gasteiger charge is -2.33. The van der Waals surface area contributed by atoms with Crippen LogP contribution in [0.15, 0.2) is 18.3 Å². The average molecular weight is 301 g/mol. The summed E-state index contributed by atoms with van der Waals surface area (Å²) in [6.45, 7) is 3.53. The van der Waals surface area contributed by atoms with Crippen LogP contribution in [0.3, 0.4) is 0 Å². The highest BCUT2D eigenvalue weighted by molar-refractivity contribution is 5.72. The van der Waals surface area contributed by atoms with Crippen molar-refractivity contribution in [3.63, 3.8) is 0 Å². The number of hydrogen-bond acceptors (Lipinski definition) is 3. The number of rotatable bonds is 3. The number of carbonyl (C=O) groups excluding carboxylic acids is 1. The van der Waals surface area contributed by atoms with Gasteiger partial charge in [0, 0.05) is 32.8 Å². The van der Waals surface area contributed by atoms with Gasteiger partial charge >= 0.3 is 6.18 Å². The van der Waals surface area contributed by atoms with Gasteiger partial charge in [0.2, 0.25) is 5.91 Å². The maximum Gasteiger partial charge on any atom is 0.417 e. The molecule has 21 heavy (non-hydrogen) atoms. The number of alkyl halides is 3. The highest BCUT2D eigenvalue weighted by Crippen LogP contribution is 2.30. The van der Waals surface area contributed by atoms with Crippen molar-refractivity contribution in [1.82, 2.24) is 10.3 Å². The minimum absolute atomic E-state index is 0.0696. The van der Waals surface area contributed by atoms with Gasteiger partial charge in [-0.15, -0.1) is 0 Å². The van der Waals surface area contributed by atoms with E-state index in [-0.39, 0.29) is 5.91 Å². The van der Waals surface area contributed by atoms with E-state index in [0.29, 0.717) is 24.8 Å². The van der Waals surface area contributed by atoms with Gasteiger partial charge in [0.1, 0.15) is 5.82 Å². The molecular formula is C14H18F3N3O. The molecule has 1 atom stereocenters. The summed E-state index contributed by atoms with van der Waals surface area (Å²) < 4.78 is 37.5. The Hall–Kier alpha value is -1.79. The fraction of sp³-hybridized carbons (Fsp3) is 0.571. The number of carbonyl (C=O) groups is 1. The molecule has 2 heterocycles. The molecular weight excluding hydrogens is 283 g/mol. The van der Waals surface area contributed by atoms with E-state index in [2.05, 4.69) is 10.3 Å². The molecule has 1 amide bonds. The summed E-state index contributed by atoms with van der Waals surface area (Å²) in [7, 11) is 0. The maximum absolute atomic E-state index is 12.5. The van der Waals surface area contributed by atoms with E-state index < -0.39 is 11.7 Å². The monoisotopic (exact) mass is 301 g/mol. The van der Waals surface area contributed by atoms with Crippen LogP contribution in [0, 0.1) is 5.92 Å². The number of pyridine rings is 1. The molecule has 0 spiro atoms. The van der Waals surface area contributed by atoms with Crippen LogP contribution in [-0.4, -0.2) is 30.5 Å². The molecule has 0 radical (unpaired) electrons. The van der Waals surface area contributed by atoms with E-state index in [1.54, 1.807) is 0 Å². The van der Waals surface area contributed by atoms with Crippen molar-refractivity contribution in [2.45, 2.75) is 25.9 Å². The summed E-state index contributed by atoms with van der Waals surface area (Å²) in [5.74, 6) is 0.780. The number of piperidine rings is 1. The largest absolute Gasteiger partial charge is 0.417 e. The van der Waals surface area contributed by atoms with Crippen LogP contribution in [0.5, 0.6) is 0 Å². The normalized spacial score (nSPS) is 19.4. The zero-order valence-corrected chi connectivity index (χ0v) is 11.8. The highest BCUT2D eigenvalue weighted by atomic mass is 19.4. The predicted molar refractivity (Wildman–Crippen MR) is 72.9 cm³/mol. The standard InChI is InChI=1S/C14H18F3N3O/c1-10(21)18-7-11-3-2-6-20(9-11)13-5-4-12(8-19-13)14(15,16)17/h4-5,8,11H,2-3,6-7,9H2,1H3,(H,18,21). The average Bonchev–Trinajstić information content (AvgIpc) is 2.45. The van der Waals surface area contributed by atoms with E-state index in [0.717, 1.165) is 31.6 Å². The van der Waals surface area contributed by atoms with Crippen LogP contribution >= 0.6 is 0 Å². The van der Waals surface area contributed by atoms with Crippen molar-refractivity contribution >= 4 is 11.7 Å². The van der Waals surface area contributed by atoms with Gasteiger partial charge in [-0.2, -0.15) is 13.2 Å². The van der Waals surface area contributed by atoms with Crippen molar-refractivity contribution in [2.24, 2.45) is 5.92 Å². The van der Waals surface area contributed by atoms with E-state index in [1.807, 2.05) is 4.90 Å². The summed E-state index contributed by atoms with van der Waals surface area (Å²) in [4.78, 5) is 16.8. The molecule has 116 valence electrons. The Kier molecular flexibility index (Phi) is 4.69. The summed E-state index contributed by atoms with van der Waals surface area (Å²) >= 11 is 0. The van der Waals surface area contributed by atoms with Gasteiger partial charge in [0.25, 0.3) is 0 Å². The minimum Gasteiger partial charge on any atom is -0.356 e. The zero-order chi connectivity index (χ0) is 15.5. The topological polar surface area (TPSA) is 45.2 Å². The molecule has 0 aromatic carbocycles. The first-order valence-corrected chi connectivity index (χ1v) is 6.89. The first-order chi connectivity index (χ1) is 9.86. The Morgan fingerprint density at radius 3 is 2.81 bits per heavy atom. The minimum atomic E-state index is -4.36. The molecule has 4 nitrogen and oxygen atoms in total. The predicted octanol–water partition coefficient (Wildman–Crippen LogP) is 2.45. The highest BCUT2D eigenvalue weighted by Gasteiger charge is 2.31. The molecule has 1 aliphatic rings. The van der Waals surface area contributed by atoms with E-state index >= 15 is 0 Å². The first-order valence-electron chi connectivity index (χ1n) is 6.89. The van der Waals surface area contributed by atoms with E-state index in [4.69, 9.17) is 0 Å². The molecule has 0 aliphatic carbocycles. The van der Waals surface area contributed by atoms with Crippen LogP contribution in [0.2, 0.25) is 0 Å². The third kappa shape index (κ3) is 4.34. The second kappa shape index (κ2) is 6.32. The summed E-state index contributed by atoms with van der Waals surface area (Å²) in [5, 5.41) is 2.78. The SMILES string of the molecule is CC(=O)NCC1CCCN(c2ccc(C(F)(F)F)cn2)C1. The maximum atomic E-state index is 12.5. The van der Waals surface area contributed by atoms with Gasteiger partial charge in [-0.1, -0.05) is 0 Å². The number of aromatic nitrogens is 1. The third-order valence-corrected chi connectivity index (χ3v) is 3.56. The Balaban J connectivity index is 1.99. The Morgan fingerprint density at radius 1 is 1.48 bits per heavy atom. The number of hydrogen-bond donors (Lipinski definition) is 1. The molecule has 2 rings (SSSR count). The van der Waals surface area contributed by atoms with Crippen molar-refractivity contribution < 1.29 is 18.0 Å². The zero-order valence-electron chi connectivity index (χ0n) is 11.8. The van der Waals surface area contributed by atoms with Gasteiger partial charge in [-0.3, -0.25) is 4.79 Å². The molecule has 7 heteroatoms. The van der Waals surface area contributed by atoms with Crippen LogP contribution in [0.4, 0.5) is 19.0 Å². The second-order valence-electron chi connectivity index (χ2n) is 5.29. The number of amides is 1.